The van der Waals surface area contributed by atoms with Gasteiger partial charge in [0, 0.05) is 12.4 Å². The van der Waals surface area contributed by atoms with Gasteiger partial charge in [0.05, 0.1) is 17.1 Å². The van der Waals surface area contributed by atoms with Crippen molar-refractivity contribution in [2.24, 2.45) is 0 Å². The van der Waals surface area contributed by atoms with Gasteiger partial charge in [0.25, 0.3) is 11.1 Å². The maximum absolute atomic E-state index is 12.5. The zero-order chi connectivity index (χ0) is 28.5. The lowest BCUT2D eigenvalue weighted by molar-refractivity contribution is 0.155. The Labute approximate surface area is 228 Å². The molecule has 0 atom stereocenters. The summed E-state index contributed by atoms with van der Waals surface area (Å²) in [6.45, 7) is 3.76. The summed E-state index contributed by atoms with van der Waals surface area (Å²) in [4.78, 5) is 36.0. The number of amides is 1. The molecule has 12 heteroatoms. The molecular formula is C28H26N8O4. The van der Waals surface area contributed by atoms with E-state index in [4.69, 9.17) is 10.5 Å². The van der Waals surface area contributed by atoms with Crippen LogP contribution in [0.4, 0.5) is 16.2 Å². The van der Waals surface area contributed by atoms with Crippen LogP contribution in [0.1, 0.15) is 17.0 Å². The van der Waals surface area contributed by atoms with Crippen molar-refractivity contribution >= 4 is 17.5 Å². The van der Waals surface area contributed by atoms with E-state index in [1.54, 1.807) is 61.8 Å². The van der Waals surface area contributed by atoms with E-state index in [0.717, 1.165) is 17.0 Å². The van der Waals surface area contributed by atoms with Gasteiger partial charge in [-0.25, -0.2) is 4.79 Å². The molecule has 0 saturated heterocycles. The second kappa shape index (κ2) is 12.7. The van der Waals surface area contributed by atoms with E-state index in [0.29, 0.717) is 11.6 Å². The number of pyridine rings is 2. The second-order valence-corrected chi connectivity index (χ2v) is 8.49. The number of ether oxygens (including phenoxy) is 1. The summed E-state index contributed by atoms with van der Waals surface area (Å²) in [7, 11) is 0. The number of nitrogens with two attached hydrogens (primary N) is 1. The minimum absolute atomic E-state index is 0.0999. The van der Waals surface area contributed by atoms with Crippen molar-refractivity contribution in [3.63, 3.8) is 0 Å². The van der Waals surface area contributed by atoms with Crippen LogP contribution in [0.5, 0.6) is 0 Å². The Morgan fingerprint density at radius 2 is 1.32 bits per heavy atom. The van der Waals surface area contributed by atoms with Crippen LogP contribution < -0.4 is 22.2 Å². The van der Waals surface area contributed by atoms with Crippen molar-refractivity contribution in [2.75, 3.05) is 11.1 Å². The minimum Gasteiger partial charge on any atom is -0.444 e. The number of nitrogens with zero attached hydrogens (tertiary/aromatic N) is 6. The van der Waals surface area contributed by atoms with Crippen LogP contribution >= 0.6 is 0 Å². The zero-order valence-electron chi connectivity index (χ0n) is 21.8. The molecule has 5 aromatic rings. The van der Waals surface area contributed by atoms with Crippen LogP contribution in [0.2, 0.25) is 0 Å². The number of nitrogen functional groups attached to an aromatic ring is 1. The molecule has 3 N–H and O–H groups in total. The third kappa shape index (κ3) is 7.01. The largest absolute Gasteiger partial charge is 0.444 e. The van der Waals surface area contributed by atoms with Gasteiger partial charge >= 0.3 is 6.09 Å². The van der Waals surface area contributed by atoms with Crippen LogP contribution in [0, 0.1) is 13.8 Å². The fourth-order valence-electron chi connectivity index (χ4n) is 3.37. The number of hydrogen-bond acceptors (Lipinski definition) is 9. The fraction of sp³-hybridized carbons (Fsp3) is 0.107. The first-order valence-corrected chi connectivity index (χ1v) is 12.1. The molecule has 0 bridgehead atoms. The second-order valence-electron chi connectivity index (χ2n) is 8.49. The topological polar surface area (TPSA) is 160 Å². The van der Waals surface area contributed by atoms with Gasteiger partial charge < -0.3 is 10.5 Å². The molecule has 40 heavy (non-hydrogen) atoms. The lowest BCUT2D eigenvalue weighted by Crippen LogP contribution is -2.25. The molecule has 0 aliphatic rings. The fourth-order valence-corrected chi connectivity index (χ4v) is 3.37. The van der Waals surface area contributed by atoms with Crippen molar-refractivity contribution < 1.29 is 9.53 Å². The molecule has 0 unspecified atom stereocenters. The Hall–Kier alpha value is -5.65. The van der Waals surface area contributed by atoms with E-state index >= 15 is 0 Å². The molecule has 0 fully saturated rings. The summed E-state index contributed by atoms with van der Waals surface area (Å²) in [6.07, 6.45) is 2.47. The molecule has 0 radical (unpaired) electrons. The van der Waals surface area contributed by atoms with E-state index in [9.17, 15) is 14.4 Å². The Balaban J connectivity index is 0.000000210. The molecule has 4 aromatic heterocycles. The van der Waals surface area contributed by atoms with Gasteiger partial charge in [-0.2, -0.15) is 10.2 Å². The number of nitrogens with one attached hydrogen (secondary N) is 1. The van der Waals surface area contributed by atoms with E-state index in [-0.39, 0.29) is 23.5 Å². The summed E-state index contributed by atoms with van der Waals surface area (Å²) in [5, 5.41) is 18.1. The summed E-state index contributed by atoms with van der Waals surface area (Å²) < 4.78 is 7.79. The van der Waals surface area contributed by atoms with Crippen LogP contribution in [0.15, 0.2) is 101 Å². The molecule has 0 aliphatic heterocycles. The zero-order valence-corrected chi connectivity index (χ0v) is 21.8. The van der Waals surface area contributed by atoms with Crippen LogP contribution in [0.3, 0.4) is 0 Å². The van der Waals surface area contributed by atoms with Crippen molar-refractivity contribution in [3.05, 3.63) is 129 Å². The van der Waals surface area contributed by atoms with Gasteiger partial charge in [-0.1, -0.05) is 30.3 Å². The van der Waals surface area contributed by atoms with Crippen molar-refractivity contribution in [3.8, 4) is 11.6 Å². The SMILES string of the molecule is Cc1ccc(-n2cccc(N)c2=O)nn1.Cc1ccc(-n2cccc(NC(=O)OCc3ccccc3)c2=O)nn1. The van der Waals surface area contributed by atoms with Gasteiger partial charge in [-0.05, 0) is 67.9 Å². The Morgan fingerprint density at radius 1 is 0.750 bits per heavy atom. The first-order valence-electron chi connectivity index (χ1n) is 12.1. The Kier molecular flexibility index (Phi) is 8.72. The van der Waals surface area contributed by atoms with Crippen LogP contribution in [-0.4, -0.2) is 35.6 Å². The maximum Gasteiger partial charge on any atom is 0.412 e. The van der Waals surface area contributed by atoms with Gasteiger partial charge in [-0.15, -0.1) is 10.2 Å². The highest BCUT2D eigenvalue weighted by atomic mass is 16.5. The van der Waals surface area contributed by atoms with Crippen molar-refractivity contribution in [1.82, 2.24) is 29.5 Å². The molecule has 1 aromatic carbocycles. The standard InChI is InChI=1S/C18H16N4O3.C10H10N4O/c1-13-9-10-16(21-20-13)22-11-5-8-15(17(22)23)19-18(24)25-12-14-6-3-2-4-7-14;1-7-4-5-9(13-12-7)14-6-2-3-8(11)10(14)15/h2-11H,12H2,1H3,(H,19,24);2-6H,11H2,1H3. The average molecular weight is 539 g/mol. The third-order valence-electron chi connectivity index (χ3n) is 5.43. The van der Waals surface area contributed by atoms with Crippen molar-refractivity contribution in [2.45, 2.75) is 20.5 Å². The Morgan fingerprint density at radius 3 is 1.90 bits per heavy atom. The summed E-state index contributed by atoms with van der Waals surface area (Å²) in [6, 6.07) is 22.6. The number of anilines is 2. The predicted molar refractivity (Wildman–Crippen MR) is 149 cm³/mol. The van der Waals surface area contributed by atoms with Crippen LogP contribution in [0.25, 0.3) is 11.6 Å². The lowest BCUT2D eigenvalue weighted by atomic mass is 10.2. The number of aryl methyl sites for hydroxylation is 2. The number of rotatable bonds is 5. The summed E-state index contributed by atoms with van der Waals surface area (Å²) >= 11 is 0. The monoisotopic (exact) mass is 538 g/mol. The van der Waals surface area contributed by atoms with Crippen LogP contribution in [-0.2, 0) is 11.3 Å². The predicted octanol–water partition coefficient (Wildman–Crippen LogP) is 3.20. The third-order valence-corrected chi connectivity index (χ3v) is 5.43. The van der Waals surface area contributed by atoms with E-state index in [1.807, 2.05) is 37.3 Å². The number of carbonyl (C=O) groups is 1. The van der Waals surface area contributed by atoms with Gasteiger partial charge in [-0.3, -0.25) is 24.0 Å². The highest BCUT2D eigenvalue weighted by molar-refractivity contribution is 5.84. The molecule has 0 saturated carbocycles. The molecule has 202 valence electrons. The smallest absolute Gasteiger partial charge is 0.412 e. The maximum atomic E-state index is 12.5. The average Bonchev–Trinajstić information content (AvgIpc) is 2.97. The molecule has 5 rings (SSSR count). The normalized spacial score (nSPS) is 10.2. The molecule has 4 heterocycles. The van der Waals surface area contributed by atoms with Crippen molar-refractivity contribution in [1.29, 1.82) is 0 Å². The van der Waals surface area contributed by atoms with E-state index in [1.165, 1.54) is 15.2 Å². The number of hydrogen-bond donors (Lipinski definition) is 2. The molecule has 0 aliphatic carbocycles. The molecule has 0 spiro atoms. The van der Waals surface area contributed by atoms with E-state index < -0.39 is 11.7 Å². The lowest BCUT2D eigenvalue weighted by Gasteiger charge is -2.09. The molecule has 1 amide bonds. The summed E-state index contributed by atoms with van der Waals surface area (Å²) in [5.74, 6) is 0.842. The highest BCUT2D eigenvalue weighted by Crippen LogP contribution is 2.07. The number of aromatic nitrogens is 6. The first kappa shape index (κ1) is 27.4. The number of benzene rings is 1. The minimum atomic E-state index is -0.700. The van der Waals surface area contributed by atoms with E-state index in [2.05, 4.69) is 25.7 Å². The van der Waals surface area contributed by atoms with Gasteiger partial charge in [0.1, 0.15) is 12.3 Å². The first-order chi connectivity index (χ1) is 19.3. The number of carbonyl (C=O) groups excluding carboxylic acids is 1. The quantitative estimate of drug-likeness (QED) is 0.342. The Bertz CT molecular complexity index is 1700. The van der Waals surface area contributed by atoms with Gasteiger partial charge in [0.2, 0.25) is 0 Å². The highest BCUT2D eigenvalue weighted by Gasteiger charge is 2.10. The van der Waals surface area contributed by atoms with Gasteiger partial charge in [0.15, 0.2) is 11.6 Å². The molecular weight excluding hydrogens is 512 g/mol. The molecule has 12 nitrogen and oxygen atoms in total. The summed E-state index contributed by atoms with van der Waals surface area (Å²) in [5.41, 5.74) is 7.51.